The van der Waals surface area contributed by atoms with Gasteiger partial charge in [0.1, 0.15) is 18.1 Å². The molecule has 0 fully saturated rings. The predicted molar refractivity (Wildman–Crippen MR) is 138 cm³/mol. The largest absolute Gasteiger partial charge is 0.493 e. The van der Waals surface area contributed by atoms with Crippen LogP contribution in [0.5, 0.6) is 23.0 Å². The number of fused-ring (bicyclic) bond motifs is 3. The van der Waals surface area contributed by atoms with Crippen molar-refractivity contribution in [2.45, 2.75) is 26.4 Å². The van der Waals surface area contributed by atoms with Gasteiger partial charge in [-0.3, -0.25) is 4.90 Å². The van der Waals surface area contributed by atoms with Crippen molar-refractivity contribution in [1.82, 2.24) is 4.90 Å². The smallest absolute Gasteiger partial charge is 0.336 e. The lowest BCUT2D eigenvalue weighted by Crippen LogP contribution is -2.32. The molecule has 0 radical (unpaired) electrons. The average Bonchev–Trinajstić information content (AvgIpc) is 2.92. The number of ether oxygens (including phenoxy) is 4. The lowest BCUT2D eigenvalue weighted by molar-refractivity contribution is 0.0878. The summed E-state index contributed by atoms with van der Waals surface area (Å²) in [6, 6.07) is 17.4. The zero-order chi connectivity index (χ0) is 25.2. The summed E-state index contributed by atoms with van der Waals surface area (Å²) < 4.78 is 28.5. The third-order valence-electron chi connectivity index (χ3n) is 6.53. The maximum atomic E-state index is 12.6. The lowest BCUT2D eigenvalue weighted by atomic mass is 9.95. The molecule has 7 heteroatoms. The van der Waals surface area contributed by atoms with E-state index in [1.807, 2.05) is 42.5 Å². The number of aryl methyl sites for hydroxylation is 1. The molecule has 1 aliphatic heterocycles. The normalized spacial score (nSPS) is 13.2. The van der Waals surface area contributed by atoms with Crippen LogP contribution in [0.25, 0.3) is 22.1 Å². The molecule has 3 aromatic carbocycles. The second-order valence-corrected chi connectivity index (χ2v) is 8.71. The molecule has 0 amide bonds. The molecule has 36 heavy (non-hydrogen) atoms. The number of nitrogens with zero attached hydrogens (tertiary/aromatic N) is 1. The second-order valence-electron chi connectivity index (χ2n) is 8.71. The molecule has 0 atom stereocenters. The first kappa shape index (κ1) is 23.8. The van der Waals surface area contributed by atoms with Crippen LogP contribution < -0.4 is 24.6 Å². The van der Waals surface area contributed by atoms with Crippen LogP contribution in [0.2, 0.25) is 0 Å². The van der Waals surface area contributed by atoms with Crippen molar-refractivity contribution in [1.29, 1.82) is 0 Å². The van der Waals surface area contributed by atoms with Crippen molar-refractivity contribution in [2.75, 3.05) is 28.1 Å². The fourth-order valence-electron chi connectivity index (χ4n) is 4.86. The number of benzene rings is 3. The topological polar surface area (TPSA) is 70.4 Å². The number of hydrogen-bond donors (Lipinski definition) is 0. The molecule has 0 bridgehead atoms. The highest BCUT2D eigenvalue weighted by atomic mass is 16.5. The predicted octanol–water partition coefficient (Wildman–Crippen LogP) is 5.40. The van der Waals surface area contributed by atoms with Gasteiger partial charge in [-0.05, 0) is 46.9 Å². The fourth-order valence-corrected chi connectivity index (χ4v) is 4.86. The van der Waals surface area contributed by atoms with Crippen molar-refractivity contribution in [3.8, 4) is 34.1 Å². The van der Waals surface area contributed by atoms with Gasteiger partial charge >= 0.3 is 5.63 Å². The van der Waals surface area contributed by atoms with Crippen LogP contribution in [0, 0.1) is 0 Å². The van der Waals surface area contributed by atoms with Crippen LogP contribution in [-0.4, -0.2) is 33.0 Å². The first-order valence-electron chi connectivity index (χ1n) is 11.9. The summed E-state index contributed by atoms with van der Waals surface area (Å²) in [5.41, 5.74) is 5.00. The Bertz CT molecular complexity index is 1440. The molecule has 7 nitrogen and oxygen atoms in total. The molecule has 4 aromatic rings. The third kappa shape index (κ3) is 4.27. The molecule has 0 unspecified atom stereocenters. The minimum atomic E-state index is -0.380. The average molecular weight is 488 g/mol. The van der Waals surface area contributed by atoms with Gasteiger partial charge in [-0.15, -0.1) is 0 Å². The van der Waals surface area contributed by atoms with Gasteiger partial charge in [0.05, 0.1) is 26.9 Å². The Hall–Kier alpha value is -3.97. The van der Waals surface area contributed by atoms with Gasteiger partial charge in [-0.2, -0.15) is 0 Å². The molecular weight excluding hydrogens is 458 g/mol. The minimum Gasteiger partial charge on any atom is -0.493 e. The van der Waals surface area contributed by atoms with Crippen LogP contribution in [0.15, 0.2) is 63.8 Å². The maximum absolute atomic E-state index is 12.6. The molecule has 0 N–H and O–H groups in total. The summed E-state index contributed by atoms with van der Waals surface area (Å²) in [6.45, 7) is 3.66. The molecular formula is C29H29NO6. The lowest BCUT2D eigenvalue weighted by Gasteiger charge is -2.31. The molecule has 0 spiro atoms. The van der Waals surface area contributed by atoms with Crippen molar-refractivity contribution in [3.63, 3.8) is 0 Å². The Balaban J connectivity index is 1.58. The summed E-state index contributed by atoms with van der Waals surface area (Å²) in [5, 5.41) is 0.912. The quantitative estimate of drug-likeness (QED) is 0.323. The standard InChI is InChI=1S/C29H29NO6/c1-5-19-13-22-21(20-9-7-6-8-10-20)14-26(31)36-28(22)23-16-30(17-35-27(19)23)15-18-11-24(32-2)29(34-4)25(12-18)33-3/h6-14H,5,15-17H2,1-4H3. The fraction of sp³-hybridized carbons (Fsp3) is 0.276. The Morgan fingerprint density at radius 1 is 0.944 bits per heavy atom. The van der Waals surface area contributed by atoms with Crippen LogP contribution >= 0.6 is 0 Å². The number of methoxy groups -OCH3 is 3. The zero-order valence-corrected chi connectivity index (χ0v) is 20.9. The molecule has 1 aliphatic rings. The van der Waals surface area contributed by atoms with Crippen molar-refractivity contribution < 1.29 is 23.4 Å². The molecule has 0 saturated heterocycles. The molecule has 0 aliphatic carbocycles. The first-order chi connectivity index (χ1) is 17.6. The summed E-state index contributed by atoms with van der Waals surface area (Å²) in [4.78, 5) is 14.8. The summed E-state index contributed by atoms with van der Waals surface area (Å²) in [5.74, 6) is 2.56. The van der Waals surface area contributed by atoms with E-state index in [2.05, 4.69) is 17.9 Å². The first-order valence-corrected chi connectivity index (χ1v) is 11.9. The number of hydrogen-bond acceptors (Lipinski definition) is 7. The van der Waals surface area contributed by atoms with E-state index >= 15 is 0 Å². The van der Waals surface area contributed by atoms with E-state index in [-0.39, 0.29) is 5.63 Å². The van der Waals surface area contributed by atoms with Gasteiger partial charge in [0.25, 0.3) is 0 Å². The molecule has 186 valence electrons. The van der Waals surface area contributed by atoms with Crippen LogP contribution in [0.3, 0.4) is 0 Å². The highest BCUT2D eigenvalue weighted by Crippen LogP contribution is 2.41. The van der Waals surface area contributed by atoms with E-state index < -0.39 is 0 Å². The zero-order valence-electron chi connectivity index (χ0n) is 20.9. The highest BCUT2D eigenvalue weighted by molar-refractivity contribution is 5.96. The maximum Gasteiger partial charge on any atom is 0.336 e. The van der Waals surface area contributed by atoms with Gasteiger partial charge in [0, 0.05) is 24.5 Å². The van der Waals surface area contributed by atoms with E-state index in [9.17, 15) is 4.79 Å². The molecule has 5 rings (SSSR count). The van der Waals surface area contributed by atoms with E-state index in [0.717, 1.165) is 45.4 Å². The van der Waals surface area contributed by atoms with Gasteiger partial charge in [0.2, 0.25) is 5.75 Å². The summed E-state index contributed by atoms with van der Waals surface area (Å²) >= 11 is 0. The van der Waals surface area contributed by atoms with Crippen molar-refractivity contribution in [2.24, 2.45) is 0 Å². The van der Waals surface area contributed by atoms with Crippen molar-refractivity contribution in [3.05, 3.63) is 81.7 Å². The Kier molecular flexibility index (Phi) is 6.57. The summed E-state index contributed by atoms with van der Waals surface area (Å²) in [6.07, 6.45) is 0.804. The minimum absolute atomic E-state index is 0.380. The van der Waals surface area contributed by atoms with Gasteiger partial charge in [0.15, 0.2) is 11.5 Å². The Labute approximate surface area is 209 Å². The Morgan fingerprint density at radius 2 is 1.67 bits per heavy atom. The van der Waals surface area contributed by atoms with Crippen LogP contribution in [-0.2, 0) is 19.5 Å². The van der Waals surface area contributed by atoms with E-state index in [0.29, 0.717) is 42.7 Å². The van der Waals surface area contributed by atoms with E-state index in [4.69, 9.17) is 23.4 Å². The van der Waals surface area contributed by atoms with Gasteiger partial charge < -0.3 is 23.4 Å². The van der Waals surface area contributed by atoms with Crippen molar-refractivity contribution >= 4 is 11.0 Å². The summed E-state index contributed by atoms with van der Waals surface area (Å²) in [7, 11) is 4.79. The molecule has 1 aromatic heterocycles. The van der Waals surface area contributed by atoms with Gasteiger partial charge in [-0.25, -0.2) is 4.79 Å². The van der Waals surface area contributed by atoms with Crippen LogP contribution in [0.4, 0.5) is 0 Å². The third-order valence-corrected chi connectivity index (χ3v) is 6.53. The van der Waals surface area contributed by atoms with Gasteiger partial charge in [-0.1, -0.05) is 37.3 Å². The van der Waals surface area contributed by atoms with Crippen LogP contribution in [0.1, 0.15) is 23.6 Å². The van der Waals surface area contributed by atoms with E-state index in [1.165, 1.54) is 0 Å². The molecule has 0 saturated carbocycles. The molecule has 2 heterocycles. The van der Waals surface area contributed by atoms with E-state index in [1.54, 1.807) is 27.4 Å². The Morgan fingerprint density at radius 3 is 2.31 bits per heavy atom. The second kappa shape index (κ2) is 9.95. The SMILES string of the molecule is CCc1cc2c(-c3ccccc3)cc(=O)oc2c2c1OCN(Cc1cc(OC)c(OC)c(OC)c1)C2. The highest BCUT2D eigenvalue weighted by Gasteiger charge is 2.26. The monoisotopic (exact) mass is 487 g/mol. The number of rotatable bonds is 7.